The summed E-state index contributed by atoms with van der Waals surface area (Å²) in [5, 5.41) is 21.3. The van der Waals surface area contributed by atoms with Gasteiger partial charge in [0.1, 0.15) is 5.75 Å². The molecule has 2 heterocycles. The van der Waals surface area contributed by atoms with E-state index in [2.05, 4.69) is 34.1 Å². The van der Waals surface area contributed by atoms with E-state index in [0.717, 1.165) is 44.6 Å². The van der Waals surface area contributed by atoms with Crippen LogP contribution in [0.15, 0.2) is 60.7 Å². The Bertz CT molecular complexity index is 1120. The molecule has 1 aliphatic rings. The molecule has 2 aromatic carbocycles. The molecule has 7 nitrogen and oxygen atoms in total. The Morgan fingerprint density at radius 1 is 1.03 bits per heavy atom. The molecule has 34 heavy (non-hydrogen) atoms. The first-order valence-corrected chi connectivity index (χ1v) is 11.2. The largest absolute Gasteiger partial charge is 0.493 e. The zero-order chi connectivity index (χ0) is 23.6. The van der Waals surface area contributed by atoms with Crippen LogP contribution in [-0.2, 0) is 29.0 Å². The second kappa shape index (κ2) is 13.4. The van der Waals surface area contributed by atoms with Crippen LogP contribution in [-0.4, -0.2) is 46.4 Å². The number of aliphatic carboxylic acids is 2. The second-order valence-electron chi connectivity index (χ2n) is 7.51. The molecule has 0 unspecified atom stereocenters. The fraction of sp³-hybridized carbons (Fsp3) is 0.308. The maximum Gasteiger partial charge on any atom is 0.328 e. The Hall–Kier alpha value is -3.29. The number of hydrogen-bond acceptors (Lipinski definition) is 4. The van der Waals surface area contributed by atoms with Crippen LogP contribution in [0.3, 0.4) is 0 Å². The summed E-state index contributed by atoms with van der Waals surface area (Å²) < 4.78 is 8.35. The average molecular weight is 487 g/mol. The third kappa shape index (κ3) is 7.64. The molecule has 0 atom stereocenters. The number of carboxylic acid groups (broad SMARTS) is 2. The molecule has 0 amide bonds. The highest BCUT2D eigenvalue weighted by Gasteiger charge is 2.18. The van der Waals surface area contributed by atoms with Crippen LogP contribution in [0.2, 0.25) is 5.02 Å². The quantitative estimate of drug-likeness (QED) is 0.327. The molecule has 8 heteroatoms. The number of rotatable bonds is 7. The van der Waals surface area contributed by atoms with Crippen LogP contribution in [0, 0.1) is 0 Å². The molecule has 3 N–H and O–H groups in total. The van der Waals surface area contributed by atoms with Gasteiger partial charge in [0.2, 0.25) is 0 Å². The second-order valence-corrected chi connectivity index (χ2v) is 7.95. The van der Waals surface area contributed by atoms with Crippen LogP contribution in [0.1, 0.15) is 25.1 Å². The van der Waals surface area contributed by atoms with E-state index < -0.39 is 11.9 Å². The lowest BCUT2D eigenvalue weighted by atomic mass is 10.1. The average Bonchev–Trinajstić information content (AvgIpc) is 2.92. The number of aromatic nitrogens is 1. The predicted octanol–water partition coefficient (Wildman–Crippen LogP) is 4.80. The predicted molar refractivity (Wildman–Crippen MR) is 135 cm³/mol. The minimum absolute atomic E-state index is 0. The van der Waals surface area contributed by atoms with Gasteiger partial charge >= 0.3 is 11.9 Å². The minimum Gasteiger partial charge on any atom is -0.493 e. The van der Waals surface area contributed by atoms with Crippen molar-refractivity contribution in [2.45, 2.75) is 33.2 Å². The summed E-state index contributed by atoms with van der Waals surface area (Å²) in [5.41, 5.74) is 4.38. The van der Waals surface area contributed by atoms with Gasteiger partial charge in [-0.05, 0) is 49.2 Å². The summed E-state index contributed by atoms with van der Waals surface area (Å²) in [4.78, 5) is 19.1. The van der Waals surface area contributed by atoms with Crippen LogP contribution in [0.25, 0.3) is 10.9 Å². The Morgan fingerprint density at radius 3 is 2.44 bits per heavy atom. The van der Waals surface area contributed by atoms with E-state index in [4.69, 9.17) is 26.6 Å². The molecule has 0 saturated carbocycles. The number of hydrogen-bond donors (Lipinski definition) is 3. The molecule has 1 aliphatic heterocycles. The van der Waals surface area contributed by atoms with Gasteiger partial charge in [0.25, 0.3) is 0 Å². The van der Waals surface area contributed by atoms with Gasteiger partial charge in [-0.25, -0.2) is 9.59 Å². The van der Waals surface area contributed by atoms with E-state index in [9.17, 15) is 9.59 Å². The van der Waals surface area contributed by atoms with Gasteiger partial charge in [0.15, 0.2) is 0 Å². The molecular weight excluding hydrogens is 456 g/mol. The first-order valence-electron chi connectivity index (χ1n) is 10.8. The van der Waals surface area contributed by atoms with E-state index in [1.165, 1.54) is 22.2 Å². The number of nitrogens with zero attached hydrogens (tertiary/aromatic N) is 1. The maximum absolute atomic E-state index is 9.55. The number of aryl methyl sites for hydroxylation is 1. The lowest BCUT2D eigenvalue weighted by Crippen LogP contribution is -2.17. The van der Waals surface area contributed by atoms with Crippen molar-refractivity contribution in [1.29, 1.82) is 0 Å². The maximum atomic E-state index is 9.55. The summed E-state index contributed by atoms with van der Waals surface area (Å²) in [7, 11) is 0. The summed E-state index contributed by atoms with van der Waals surface area (Å²) >= 11 is 6.01. The molecule has 0 spiro atoms. The molecule has 0 saturated heterocycles. The van der Waals surface area contributed by atoms with Crippen molar-refractivity contribution in [3.63, 3.8) is 0 Å². The van der Waals surface area contributed by atoms with Crippen molar-refractivity contribution in [1.82, 2.24) is 9.88 Å². The van der Waals surface area contributed by atoms with Crippen molar-refractivity contribution in [3.05, 3.63) is 77.0 Å². The van der Waals surface area contributed by atoms with Crippen molar-refractivity contribution < 1.29 is 24.5 Å². The third-order valence-corrected chi connectivity index (χ3v) is 5.48. The third-order valence-electron chi connectivity index (χ3n) is 5.24. The molecule has 0 fully saturated rings. The first kappa shape index (κ1) is 27.0. The molecule has 3 aromatic rings. The molecule has 0 bridgehead atoms. The molecular formula is C26H31ClN2O5. The number of ether oxygens (including phenoxy) is 1. The number of para-hydroxylation sites is 1. The number of carbonyl (C=O) groups is 2. The zero-order valence-electron chi connectivity index (χ0n) is 18.2. The smallest absolute Gasteiger partial charge is 0.328 e. The molecule has 4 rings (SSSR count). The Balaban J connectivity index is 0.000000394. The first-order chi connectivity index (χ1) is 16.0. The van der Waals surface area contributed by atoms with Gasteiger partial charge in [-0.15, -0.1) is 0 Å². The van der Waals surface area contributed by atoms with Gasteiger partial charge in [-0.3, -0.25) is 0 Å². The van der Waals surface area contributed by atoms with Crippen molar-refractivity contribution in [2.75, 3.05) is 19.7 Å². The van der Waals surface area contributed by atoms with Crippen molar-refractivity contribution >= 4 is 34.4 Å². The van der Waals surface area contributed by atoms with Gasteiger partial charge in [-0.2, -0.15) is 0 Å². The van der Waals surface area contributed by atoms with E-state index >= 15 is 0 Å². The van der Waals surface area contributed by atoms with E-state index in [-0.39, 0.29) is 7.43 Å². The fourth-order valence-corrected chi connectivity index (χ4v) is 4.09. The van der Waals surface area contributed by atoms with Crippen molar-refractivity contribution in [2.24, 2.45) is 0 Å². The highest BCUT2D eigenvalue weighted by Crippen LogP contribution is 2.28. The lowest BCUT2D eigenvalue weighted by Gasteiger charge is -2.12. The summed E-state index contributed by atoms with van der Waals surface area (Å²) in [5.74, 6) is -1.67. The van der Waals surface area contributed by atoms with Gasteiger partial charge in [0.05, 0.1) is 6.61 Å². The number of carboxylic acids is 2. The number of benzene rings is 2. The standard InChI is InChI=1S/C21H23ClN2O.C4H4O4.CH4/c22-16-5-3-6-17(15-16)25-14-4-13-24-20-8-2-1-7-18(20)19-9-11-23-12-10-21(19)24;5-3(6)1-2-4(7)8;/h1-3,5-8,15,23H,4,9-14H2;1-2H,(H,5,6)(H,7,8);1H4/b;2-1-;. The number of fused-ring (bicyclic) bond motifs is 3. The number of nitrogens with one attached hydrogen (secondary N) is 1. The molecule has 0 radical (unpaired) electrons. The minimum atomic E-state index is -1.26. The van der Waals surface area contributed by atoms with Crippen LogP contribution >= 0.6 is 11.6 Å². The van der Waals surface area contributed by atoms with Crippen molar-refractivity contribution in [3.8, 4) is 5.75 Å². The van der Waals surface area contributed by atoms with Crippen LogP contribution < -0.4 is 10.1 Å². The Morgan fingerprint density at radius 2 is 1.74 bits per heavy atom. The monoisotopic (exact) mass is 486 g/mol. The SMILES string of the molecule is C.Clc1cccc(OCCCn2c3c(c4ccccc42)CCNCC3)c1.O=C(O)/C=C\C(=O)O. The molecule has 0 aliphatic carbocycles. The van der Waals surface area contributed by atoms with E-state index in [1.807, 2.05) is 24.3 Å². The molecule has 1 aromatic heterocycles. The van der Waals surface area contributed by atoms with Gasteiger partial charge in [-0.1, -0.05) is 43.3 Å². The van der Waals surface area contributed by atoms with Gasteiger partial charge < -0.3 is 24.8 Å². The van der Waals surface area contributed by atoms with Gasteiger partial charge in [0, 0.05) is 53.3 Å². The summed E-state index contributed by atoms with van der Waals surface area (Å²) in [6.45, 7) is 3.80. The number of halogens is 1. The lowest BCUT2D eigenvalue weighted by molar-refractivity contribution is -0.134. The summed E-state index contributed by atoms with van der Waals surface area (Å²) in [6.07, 6.45) is 4.30. The Kier molecular flexibility index (Phi) is 10.6. The van der Waals surface area contributed by atoms with E-state index in [1.54, 1.807) is 0 Å². The summed E-state index contributed by atoms with van der Waals surface area (Å²) in [6, 6.07) is 16.4. The highest BCUT2D eigenvalue weighted by molar-refractivity contribution is 6.30. The van der Waals surface area contributed by atoms with Crippen LogP contribution in [0.5, 0.6) is 5.75 Å². The fourth-order valence-electron chi connectivity index (χ4n) is 3.91. The highest BCUT2D eigenvalue weighted by atomic mass is 35.5. The normalized spacial score (nSPS) is 12.7. The zero-order valence-corrected chi connectivity index (χ0v) is 18.9. The Labute approximate surface area is 204 Å². The molecule has 182 valence electrons. The van der Waals surface area contributed by atoms with Crippen LogP contribution in [0.4, 0.5) is 0 Å². The topological polar surface area (TPSA) is 101 Å². The van der Waals surface area contributed by atoms with E-state index in [0.29, 0.717) is 23.8 Å².